The molecule has 1 fully saturated rings. The van der Waals surface area contributed by atoms with Crippen LogP contribution in [-0.4, -0.2) is 73.1 Å². The predicted octanol–water partition coefficient (Wildman–Crippen LogP) is 0.470. The molecule has 0 radical (unpaired) electrons. The highest BCUT2D eigenvalue weighted by atomic mass is 16.5. The Morgan fingerprint density at radius 2 is 1.76 bits per heavy atom. The van der Waals surface area contributed by atoms with Crippen molar-refractivity contribution in [3.63, 3.8) is 0 Å². The van der Waals surface area contributed by atoms with Gasteiger partial charge in [0.25, 0.3) is 0 Å². The number of hydrogen-bond acceptors (Lipinski definition) is 5. The Kier molecular flexibility index (Phi) is 6.61. The van der Waals surface area contributed by atoms with Crippen molar-refractivity contribution in [1.82, 2.24) is 15.1 Å². The lowest BCUT2D eigenvalue weighted by Gasteiger charge is -2.38. The van der Waals surface area contributed by atoms with Crippen LogP contribution >= 0.6 is 0 Å². The molecule has 1 rings (SSSR count). The molecule has 6 nitrogen and oxygen atoms in total. The minimum atomic E-state index is -0.201. The zero-order chi connectivity index (χ0) is 16.0. The molecule has 1 saturated heterocycles. The number of carbonyl (C=O) groups is 2. The van der Waals surface area contributed by atoms with Crippen molar-refractivity contribution in [3.05, 3.63) is 0 Å². The summed E-state index contributed by atoms with van der Waals surface area (Å²) in [4.78, 5) is 27.7. The first-order valence-corrected chi connectivity index (χ1v) is 7.58. The number of esters is 1. The molecule has 0 saturated carbocycles. The third-order valence-corrected chi connectivity index (χ3v) is 3.69. The van der Waals surface area contributed by atoms with E-state index in [0.717, 1.165) is 32.7 Å². The van der Waals surface area contributed by atoms with E-state index < -0.39 is 0 Å². The number of amides is 1. The van der Waals surface area contributed by atoms with Gasteiger partial charge < -0.3 is 15.0 Å². The Bertz CT molecular complexity index is 358. The minimum absolute atomic E-state index is 0.0745. The maximum Gasteiger partial charge on any atom is 0.306 e. The summed E-state index contributed by atoms with van der Waals surface area (Å²) in [6.45, 7) is 12.1. The Morgan fingerprint density at radius 1 is 1.19 bits per heavy atom. The molecule has 0 aromatic carbocycles. The van der Waals surface area contributed by atoms with Crippen LogP contribution in [-0.2, 0) is 14.3 Å². The lowest BCUT2D eigenvalue weighted by atomic mass is 10.1. The van der Waals surface area contributed by atoms with E-state index in [1.54, 1.807) is 0 Å². The molecule has 1 heterocycles. The van der Waals surface area contributed by atoms with Crippen molar-refractivity contribution in [2.75, 3.05) is 39.8 Å². The Morgan fingerprint density at radius 3 is 2.24 bits per heavy atom. The third kappa shape index (κ3) is 6.44. The number of methoxy groups -OCH3 is 1. The number of ether oxygens (including phenoxy) is 1. The zero-order valence-electron chi connectivity index (χ0n) is 13.9. The largest absolute Gasteiger partial charge is 0.469 e. The molecule has 1 atom stereocenters. The van der Waals surface area contributed by atoms with E-state index >= 15 is 0 Å². The lowest BCUT2D eigenvalue weighted by Crippen LogP contribution is -2.56. The van der Waals surface area contributed by atoms with Crippen molar-refractivity contribution in [2.45, 2.75) is 45.7 Å². The maximum absolute atomic E-state index is 12.2. The van der Waals surface area contributed by atoms with Crippen LogP contribution in [0.15, 0.2) is 0 Å². The standard InChI is InChI=1S/C15H29N3O3/c1-12(14(20)16-15(2,3)4)18-10-8-17(9-11-18)7-6-13(19)21-5/h12H,6-11H2,1-5H3,(H,16,20). The highest BCUT2D eigenvalue weighted by molar-refractivity contribution is 5.81. The summed E-state index contributed by atoms with van der Waals surface area (Å²) in [5, 5.41) is 3.02. The molecule has 21 heavy (non-hydrogen) atoms. The van der Waals surface area contributed by atoms with Gasteiger partial charge in [-0.1, -0.05) is 0 Å². The van der Waals surface area contributed by atoms with Gasteiger partial charge in [-0.05, 0) is 27.7 Å². The summed E-state index contributed by atoms with van der Waals surface area (Å²) in [5.74, 6) is -0.0964. The molecule has 1 aliphatic rings. The van der Waals surface area contributed by atoms with E-state index in [2.05, 4.69) is 19.9 Å². The molecular weight excluding hydrogens is 270 g/mol. The van der Waals surface area contributed by atoms with Gasteiger partial charge in [0, 0.05) is 38.3 Å². The van der Waals surface area contributed by atoms with Gasteiger partial charge in [0.05, 0.1) is 19.6 Å². The predicted molar refractivity (Wildman–Crippen MR) is 82.0 cm³/mol. The van der Waals surface area contributed by atoms with E-state index in [1.807, 2.05) is 27.7 Å². The van der Waals surface area contributed by atoms with Crippen LogP contribution in [0.1, 0.15) is 34.1 Å². The van der Waals surface area contributed by atoms with Crippen molar-refractivity contribution in [2.24, 2.45) is 0 Å². The van der Waals surface area contributed by atoms with Crippen LogP contribution in [0, 0.1) is 0 Å². The molecule has 0 aliphatic carbocycles. The molecule has 6 heteroatoms. The van der Waals surface area contributed by atoms with Crippen molar-refractivity contribution < 1.29 is 14.3 Å². The first kappa shape index (κ1) is 17.9. The van der Waals surface area contributed by atoms with Crippen LogP contribution in [0.3, 0.4) is 0 Å². The van der Waals surface area contributed by atoms with E-state index in [1.165, 1.54) is 7.11 Å². The normalized spacial score (nSPS) is 19.1. The van der Waals surface area contributed by atoms with Gasteiger partial charge >= 0.3 is 5.97 Å². The molecule has 0 aromatic rings. The Hall–Kier alpha value is -1.14. The summed E-state index contributed by atoms with van der Waals surface area (Å²) in [6, 6.07) is -0.119. The first-order chi connectivity index (χ1) is 9.73. The quantitative estimate of drug-likeness (QED) is 0.748. The van der Waals surface area contributed by atoms with Gasteiger partial charge in [-0.15, -0.1) is 0 Å². The summed E-state index contributed by atoms with van der Waals surface area (Å²) in [6.07, 6.45) is 0.427. The van der Waals surface area contributed by atoms with Crippen LogP contribution in [0.4, 0.5) is 0 Å². The van der Waals surface area contributed by atoms with E-state index in [-0.39, 0.29) is 23.5 Å². The monoisotopic (exact) mass is 299 g/mol. The molecule has 0 spiro atoms. The van der Waals surface area contributed by atoms with Gasteiger partial charge in [0.15, 0.2) is 0 Å². The van der Waals surface area contributed by atoms with Gasteiger partial charge in [-0.3, -0.25) is 14.5 Å². The van der Waals surface area contributed by atoms with Crippen molar-refractivity contribution in [1.29, 1.82) is 0 Å². The van der Waals surface area contributed by atoms with Crippen molar-refractivity contribution >= 4 is 11.9 Å². The molecule has 122 valence electrons. The Labute approximate surface area is 127 Å². The highest BCUT2D eigenvalue weighted by Gasteiger charge is 2.27. The molecule has 0 aromatic heterocycles. The van der Waals surface area contributed by atoms with E-state index in [4.69, 9.17) is 0 Å². The SMILES string of the molecule is COC(=O)CCN1CCN(C(C)C(=O)NC(C)(C)C)CC1. The minimum Gasteiger partial charge on any atom is -0.469 e. The van der Waals surface area contributed by atoms with Gasteiger partial charge in [-0.2, -0.15) is 0 Å². The van der Waals surface area contributed by atoms with Crippen LogP contribution in [0.5, 0.6) is 0 Å². The molecular formula is C15H29N3O3. The van der Waals surface area contributed by atoms with Crippen LogP contribution < -0.4 is 5.32 Å². The molecule has 0 bridgehead atoms. The number of hydrogen-bond donors (Lipinski definition) is 1. The number of carbonyl (C=O) groups excluding carboxylic acids is 2. The lowest BCUT2D eigenvalue weighted by molar-refractivity contribution is -0.141. The zero-order valence-corrected chi connectivity index (χ0v) is 13.9. The fourth-order valence-electron chi connectivity index (χ4n) is 2.37. The molecule has 1 unspecified atom stereocenters. The van der Waals surface area contributed by atoms with Crippen molar-refractivity contribution in [3.8, 4) is 0 Å². The third-order valence-electron chi connectivity index (χ3n) is 3.69. The number of nitrogens with zero attached hydrogens (tertiary/aromatic N) is 2. The second-order valence-corrected chi connectivity index (χ2v) is 6.62. The number of rotatable bonds is 5. The average Bonchev–Trinajstić information content (AvgIpc) is 2.42. The summed E-state index contributed by atoms with van der Waals surface area (Å²) in [7, 11) is 1.41. The fraction of sp³-hybridized carbons (Fsp3) is 0.867. The maximum atomic E-state index is 12.2. The second-order valence-electron chi connectivity index (χ2n) is 6.62. The van der Waals surface area contributed by atoms with E-state index in [0.29, 0.717) is 6.42 Å². The second kappa shape index (κ2) is 7.75. The summed E-state index contributed by atoms with van der Waals surface area (Å²) >= 11 is 0. The topological polar surface area (TPSA) is 61.9 Å². The smallest absolute Gasteiger partial charge is 0.306 e. The van der Waals surface area contributed by atoms with Gasteiger partial charge in [-0.25, -0.2) is 0 Å². The molecule has 1 aliphatic heterocycles. The first-order valence-electron chi connectivity index (χ1n) is 7.58. The fourth-order valence-corrected chi connectivity index (χ4v) is 2.37. The summed E-state index contributed by atoms with van der Waals surface area (Å²) < 4.78 is 4.65. The molecule has 1 N–H and O–H groups in total. The average molecular weight is 299 g/mol. The summed E-state index contributed by atoms with van der Waals surface area (Å²) in [5.41, 5.74) is -0.201. The highest BCUT2D eigenvalue weighted by Crippen LogP contribution is 2.09. The van der Waals surface area contributed by atoms with Crippen LogP contribution in [0.2, 0.25) is 0 Å². The molecule has 1 amide bonds. The van der Waals surface area contributed by atoms with E-state index in [9.17, 15) is 9.59 Å². The van der Waals surface area contributed by atoms with Gasteiger partial charge in [0.1, 0.15) is 0 Å². The Balaban J connectivity index is 2.35. The van der Waals surface area contributed by atoms with Crippen LogP contribution in [0.25, 0.3) is 0 Å². The number of nitrogens with one attached hydrogen (secondary N) is 1. The van der Waals surface area contributed by atoms with Gasteiger partial charge in [0.2, 0.25) is 5.91 Å². The number of piperazine rings is 1.